The van der Waals surface area contributed by atoms with Crippen LogP contribution in [0, 0.1) is 5.41 Å². The highest BCUT2D eigenvalue weighted by Gasteiger charge is 2.43. The molecule has 24 heavy (non-hydrogen) atoms. The van der Waals surface area contributed by atoms with Crippen molar-refractivity contribution in [1.82, 2.24) is 9.80 Å². The Balaban J connectivity index is 1.48. The first-order valence-electron chi connectivity index (χ1n) is 8.55. The fourth-order valence-electron chi connectivity index (χ4n) is 3.67. The molecular weight excluding hydrogens is 306 g/mol. The van der Waals surface area contributed by atoms with Crippen LogP contribution in [0.3, 0.4) is 0 Å². The van der Waals surface area contributed by atoms with Crippen LogP contribution in [0.2, 0.25) is 0 Å². The molecular formula is C18H25N3O3. The van der Waals surface area contributed by atoms with E-state index in [4.69, 9.17) is 10.5 Å². The highest BCUT2D eigenvalue weighted by molar-refractivity contribution is 5.78. The van der Waals surface area contributed by atoms with Gasteiger partial charge in [0.05, 0.1) is 6.54 Å². The molecule has 0 aromatic heterocycles. The summed E-state index contributed by atoms with van der Waals surface area (Å²) in [5, 5.41) is 0. The minimum atomic E-state index is -0.240. The number of amides is 2. The lowest BCUT2D eigenvalue weighted by atomic mass is 9.78. The van der Waals surface area contributed by atoms with Gasteiger partial charge in [-0.15, -0.1) is 0 Å². The van der Waals surface area contributed by atoms with E-state index in [0.29, 0.717) is 6.61 Å². The highest BCUT2D eigenvalue weighted by atomic mass is 16.6. The van der Waals surface area contributed by atoms with E-state index in [1.165, 1.54) is 0 Å². The van der Waals surface area contributed by atoms with Gasteiger partial charge in [0.25, 0.3) is 0 Å². The van der Waals surface area contributed by atoms with Gasteiger partial charge in [-0.2, -0.15) is 0 Å². The molecule has 1 aromatic carbocycles. The molecule has 2 fully saturated rings. The van der Waals surface area contributed by atoms with Crippen molar-refractivity contribution in [3.05, 3.63) is 35.9 Å². The van der Waals surface area contributed by atoms with Crippen LogP contribution in [-0.4, -0.2) is 54.5 Å². The predicted molar refractivity (Wildman–Crippen MR) is 90.1 cm³/mol. The molecule has 0 atom stereocenters. The SMILES string of the molecule is NCC(=O)N1CCC2(CC1)CCN(C(=O)OCc1ccccc1)C2. The molecule has 6 nitrogen and oxygen atoms in total. The topological polar surface area (TPSA) is 75.9 Å². The smallest absolute Gasteiger partial charge is 0.410 e. The molecule has 2 N–H and O–H groups in total. The molecule has 130 valence electrons. The zero-order valence-electron chi connectivity index (χ0n) is 13.9. The summed E-state index contributed by atoms with van der Waals surface area (Å²) in [7, 11) is 0. The van der Waals surface area contributed by atoms with Crippen molar-refractivity contribution in [2.45, 2.75) is 25.9 Å². The zero-order chi connectivity index (χ0) is 17.0. The molecule has 1 spiro atoms. The molecule has 1 aromatic rings. The molecule has 2 heterocycles. The number of hydrogen-bond acceptors (Lipinski definition) is 4. The minimum absolute atomic E-state index is 0.0157. The number of rotatable bonds is 3. The predicted octanol–water partition coefficient (Wildman–Crippen LogP) is 1.60. The Bertz CT molecular complexity index is 582. The summed E-state index contributed by atoms with van der Waals surface area (Å²) in [4.78, 5) is 27.6. The summed E-state index contributed by atoms with van der Waals surface area (Å²) in [6, 6.07) is 9.71. The summed E-state index contributed by atoms with van der Waals surface area (Å²) in [5.41, 5.74) is 6.56. The number of nitrogens with zero attached hydrogens (tertiary/aromatic N) is 2. The fraction of sp³-hybridized carbons (Fsp3) is 0.556. The minimum Gasteiger partial charge on any atom is -0.445 e. The monoisotopic (exact) mass is 331 g/mol. The maximum absolute atomic E-state index is 12.3. The Morgan fingerprint density at radius 1 is 1.04 bits per heavy atom. The van der Waals surface area contributed by atoms with Gasteiger partial charge in [-0.05, 0) is 30.2 Å². The summed E-state index contributed by atoms with van der Waals surface area (Å²) in [5.74, 6) is 0.0157. The van der Waals surface area contributed by atoms with E-state index in [9.17, 15) is 9.59 Å². The fourth-order valence-corrected chi connectivity index (χ4v) is 3.67. The average Bonchev–Trinajstić information content (AvgIpc) is 3.04. The summed E-state index contributed by atoms with van der Waals surface area (Å²) in [6.45, 7) is 3.32. The Morgan fingerprint density at radius 3 is 2.29 bits per heavy atom. The van der Waals surface area contributed by atoms with Crippen molar-refractivity contribution in [3.8, 4) is 0 Å². The maximum atomic E-state index is 12.3. The van der Waals surface area contributed by atoms with Gasteiger partial charge in [0.1, 0.15) is 6.61 Å². The largest absolute Gasteiger partial charge is 0.445 e. The summed E-state index contributed by atoms with van der Waals surface area (Å²) in [6.07, 6.45) is 2.61. The molecule has 2 aliphatic rings. The van der Waals surface area contributed by atoms with Gasteiger partial charge in [0, 0.05) is 26.2 Å². The van der Waals surface area contributed by atoms with Gasteiger partial charge in [-0.1, -0.05) is 30.3 Å². The van der Waals surface area contributed by atoms with E-state index in [0.717, 1.165) is 51.0 Å². The summed E-state index contributed by atoms with van der Waals surface area (Å²) >= 11 is 0. The number of ether oxygens (including phenoxy) is 1. The first kappa shape index (κ1) is 16.8. The van der Waals surface area contributed by atoms with Gasteiger partial charge in [-0.25, -0.2) is 4.79 Å². The van der Waals surface area contributed by atoms with Crippen LogP contribution in [0.25, 0.3) is 0 Å². The van der Waals surface area contributed by atoms with Crippen molar-refractivity contribution in [2.24, 2.45) is 11.1 Å². The van der Waals surface area contributed by atoms with Gasteiger partial charge in [-0.3, -0.25) is 4.79 Å². The Labute approximate surface area is 142 Å². The van der Waals surface area contributed by atoms with Crippen molar-refractivity contribution < 1.29 is 14.3 Å². The second-order valence-corrected chi connectivity index (χ2v) is 6.80. The van der Waals surface area contributed by atoms with Crippen LogP contribution in [-0.2, 0) is 16.1 Å². The lowest BCUT2D eigenvalue weighted by Gasteiger charge is -2.39. The molecule has 2 amide bonds. The van der Waals surface area contributed by atoms with Gasteiger partial charge in [0.2, 0.25) is 5.91 Å². The van der Waals surface area contributed by atoms with Crippen molar-refractivity contribution >= 4 is 12.0 Å². The Morgan fingerprint density at radius 2 is 1.67 bits per heavy atom. The second-order valence-electron chi connectivity index (χ2n) is 6.80. The first-order valence-corrected chi connectivity index (χ1v) is 8.55. The number of likely N-dealkylation sites (tertiary alicyclic amines) is 2. The van der Waals surface area contributed by atoms with Crippen LogP contribution in [0.5, 0.6) is 0 Å². The van der Waals surface area contributed by atoms with Crippen molar-refractivity contribution in [1.29, 1.82) is 0 Å². The van der Waals surface area contributed by atoms with Crippen LogP contribution in [0.4, 0.5) is 4.79 Å². The number of benzene rings is 1. The molecule has 0 unspecified atom stereocenters. The molecule has 6 heteroatoms. The molecule has 0 saturated carbocycles. The number of carbonyl (C=O) groups excluding carboxylic acids is 2. The standard InChI is InChI=1S/C18H25N3O3/c19-12-16(22)20-9-6-18(7-10-20)8-11-21(14-18)17(23)24-13-15-4-2-1-3-5-15/h1-5H,6-14,19H2. The number of nitrogens with two attached hydrogens (primary N) is 1. The first-order chi connectivity index (χ1) is 11.6. The van der Waals surface area contributed by atoms with Gasteiger partial charge >= 0.3 is 6.09 Å². The lowest BCUT2D eigenvalue weighted by Crippen LogP contribution is -2.46. The Hall–Kier alpha value is -2.08. The van der Waals surface area contributed by atoms with E-state index in [-0.39, 0.29) is 24.0 Å². The van der Waals surface area contributed by atoms with E-state index in [2.05, 4.69) is 0 Å². The van der Waals surface area contributed by atoms with Gasteiger partial charge in [0.15, 0.2) is 0 Å². The zero-order valence-corrected chi connectivity index (χ0v) is 13.9. The average molecular weight is 331 g/mol. The summed E-state index contributed by atoms with van der Waals surface area (Å²) < 4.78 is 5.43. The highest BCUT2D eigenvalue weighted by Crippen LogP contribution is 2.40. The lowest BCUT2D eigenvalue weighted by molar-refractivity contribution is -0.131. The van der Waals surface area contributed by atoms with Crippen LogP contribution in [0.1, 0.15) is 24.8 Å². The van der Waals surface area contributed by atoms with E-state index < -0.39 is 0 Å². The quantitative estimate of drug-likeness (QED) is 0.913. The maximum Gasteiger partial charge on any atom is 0.410 e. The molecule has 0 bridgehead atoms. The molecule has 2 saturated heterocycles. The van der Waals surface area contributed by atoms with Crippen LogP contribution >= 0.6 is 0 Å². The van der Waals surface area contributed by atoms with Crippen molar-refractivity contribution in [2.75, 3.05) is 32.7 Å². The normalized spacial score (nSPS) is 19.5. The molecule has 0 radical (unpaired) electrons. The Kier molecular flexibility index (Phi) is 5.04. The third kappa shape index (κ3) is 3.70. The van der Waals surface area contributed by atoms with E-state index in [1.807, 2.05) is 40.1 Å². The van der Waals surface area contributed by atoms with Crippen LogP contribution in [0.15, 0.2) is 30.3 Å². The number of piperidine rings is 1. The number of carbonyl (C=O) groups is 2. The van der Waals surface area contributed by atoms with Gasteiger partial charge < -0.3 is 20.3 Å². The van der Waals surface area contributed by atoms with E-state index >= 15 is 0 Å². The second kappa shape index (κ2) is 7.21. The number of hydrogen-bond donors (Lipinski definition) is 1. The third-order valence-corrected chi connectivity index (χ3v) is 5.25. The van der Waals surface area contributed by atoms with E-state index in [1.54, 1.807) is 0 Å². The van der Waals surface area contributed by atoms with Crippen molar-refractivity contribution in [3.63, 3.8) is 0 Å². The third-order valence-electron chi connectivity index (χ3n) is 5.25. The molecule has 0 aliphatic carbocycles. The molecule has 3 rings (SSSR count). The molecule has 2 aliphatic heterocycles. The van der Waals surface area contributed by atoms with Crippen LogP contribution < -0.4 is 5.73 Å².